The van der Waals surface area contributed by atoms with Crippen LogP contribution in [-0.2, 0) is 16.4 Å². The Balaban J connectivity index is 1.07. The van der Waals surface area contributed by atoms with Gasteiger partial charge in [-0.25, -0.2) is 4.39 Å². The van der Waals surface area contributed by atoms with E-state index in [4.69, 9.17) is 4.52 Å². The van der Waals surface area contributed by atoms with E-state index in [2.05, 4.69) is 15.1 Å². The van der Waals surface area contributed by atoms with Gasteiger partial charge in [0, 0.05) is 41.0 Å². The maximum Gasteiger partial charge on any atom is 0.416 e. The fourth-order valence-electron chi connectivity index (χ4n) is 8.24. The molecule has 2 heterocycles. The van der Waals surface area contributed by atoms with Crippen molar-refractivity contribution in [1.29, 1.82) is 0 Å². The standard InChI is InChI=1S/C32H32F4N4O2/c33-31-16-30(17-31,18-31)27(41)40(23-3-1-2-21(14-23)26-38-25(39-42-26)20-4-5-20)19-28-7-10-29(11-8-28,12-9-28)24-15-22(6-13-37-24)32(34,35)36/h1-3,6,13-15,20H,4-5,7-12,16-19H2. The highest BCUT2D eigenvalue weighted by Crippen LogP contribution is 2.70. The van der Waals surface area contributed by atoms with Crippen molar-refractivity contribution in [2.45, 2.75) is 93.8 Å². The van der Waals surface area contributed by atoms with Gasteiger partial charge in [0.1, 0.15) is 5.67 Å². The Morgan fingerprint density at radius 2 is 1.71 bits per heavy atom. The van der Waals surface area contributed by atoms with Crippen molar-refractivity contribution in [2.24, 2.45) is 10.8 Å². The number of hydrogen-bond donors (Lipinski definition) is 0. The van der Waals surface area contributed by atoms with Crippen molar-refractivity contribution in [3.05, 3.63) is 59.7 Å². The van der Waals surface area contributed by atoms with E-state index in [1.54, 1.807) is 0 Å². The maximum atomic E-state index is 14.5. The summed E-state index contributed by atoms with van der Waals surface area (Å²) in [7, 11) is 0. The van der Waals surface area contributed by atoms with E-state index in [0.29, 0.717) is 29.9 Å². The fourth-order valence-corrected chi connectivity index (χ4v) is 8.24. The molecule has 1 amide bonds. The quantitative estimate of drug-likeness (QED) is 0.270. The van der Waals surface area contributed by atoms with Crippen molar-refractivity contribution in [2.75, 3.05) is 11.4 Å². The zero-order valence-electron chi connectivity index (χ0n) is 23.2. The molecule has 10 rings (SSSR count). The average molecular weight is 581 g/mol. The lowest BCUT2D eigenvalue weighted by Crippen LogP contribution is -2.71. The number of benzene rings is 1. The Bertz CT molecular complexity index is 1530. The smallest absolute Gasteiger partial charge is 0.334 e. The van der Waals surface area contributed by atoms with Gasteiger partial charge < -0.3 is 9.42 Å². The molecule has 6 nitrogen and oxygen atoms in total. The van der Waals surface area contributed by atoms with Gasteiger partial charge in [-0.05, 0) is 106 Å². The third-order valence-electron chi connectivity index (χ3n) is 11.0. The van der Waals surface area contributed by atoms with Crippen LogP contribution in [0.3, 0.4) is 0 Å². The third-order valence-corrected chi connectivity index (χ3v) is 11.0. The monoisotopic (exact) mass is 580 g/mol. The number of pyridine rings is 1. The minimum absolute atomic E-state index is 0.0281. The van der Waals surface area contributed by atoms with Crippen LogP contribution >= 0.6 is 0 Å². The number of fused-ring (bicyclic) bond motifs is 3. The number of amides is 1. The minimum Gasteiger partial charge on any atom is -0.334 e. The van der Waals surface area contributed by atoms with Crippen LogP contribution in [0.4, 0.5) is 23.2 Å². The molecule has 0 N–H and O–H groups in total. The summed E-state index contributed by atoms with van der Waals surface area (Å²) >= 11 is 0. The first-order valence-corrected chi connectivity index (χ1v) is 15.0. The van der Waals surface area contributed by atoms with Crippen molar-refractivity contribution in [3.63, 3.8) is 0 Å². The van der Waals surface area contributed by atoms with Gasteiger partial charge in [-0.1, -0.05) is 11.2 Å². The number of halogens is 4. The van der Waals surface area contributed by atoms with Gasteiger partial charge in [0.15, 0.2) is 5.82 Å². The number of alkyl halides is 4. The second-order valence-electron chi connectivity index (χ2n) is 13.8. The van der Waals surface area contributed by atoms with E-state index >= 15 is 0 Å². The lowest BCUT2D eigenvalue weighted by Gasteiger charge is -2.65. The largest absolute Gasteiger partial charge is 0.416 e. The number of carbonyl (C=O) groups is 1. The Labute approximate surface area is 240 Å². The highest BCUT2D eigenvalue weighted by molar-refractivity contribution is 6.00. The van der Waals surface area contributed by atoms with Crippen LogP contribution in [0.2, 0.25) is 0 Å². The molecule has 7 aliphatic carbocycles. The lowest BCUT2D eigenvalue weighted by molar-refractivity contribution is -0.211. The molecule has 0 atom stereocenters. The maximum absolute atomic E-state index is 14.5. The Morgan fingerprint density at radius 1 is 1.00 bits per heavy atom. The first-order valence-electron chi connectivity index (χ1n) is 15.0. The number of aromatic nitrogens is 3. The summed E-state index contributed by atoms with van der Waals surface area (Å²) in [5, 5.41) is 4.14. The zero-order valence-corrected chi connectivity index (χ0v) is 23.2. The van der Waals surface area contributed by atoms with Crippen LogP contribution in [0.25, 0.3) is 11.5 Å². The van der Waals surface area contributed by atoms with Gasteiger partial charge in [0.05, 0.1) is 11.0 Å². The van der Waals surface area contributed by atoms with Crippen molar-refractivity contribution in [3.8, 4) is 11.5 Å². The van der Waals surface area contributed by atoms with Gasteiger partial charge in [-0.15, -0.1) is 0 Å². The van der Waals surface area contributed by atoms with Gasteiger partial charge in [-0.3, -0.25) is 9.78 Å². The second kappa shape index (κ2) is 8.63. The summed E-state index contributed by atoms with van der Waals surface area (Å²) in [6, 6.07) is 9.86. The average Bonchev–Trinajstić information content (AvgIpc) is 3.70. The Kier molecular flexibility index (Phi) is 5.41. The summed E-state index contributed by atoms with van der Waals surface area (Å²) in [5.74, 6) is 1.47. The van der Waals surface area contributed by atoms with Crippen molar-refractivity contribution in [1.82, 2.24) is 15.1 Å². The van der Waals surface area contributed by atoms with E-state index < -0.39 is 22.8 Å². The molecule has 0 saturated heterocycles. The lowest BCUT2D eigenvalue weighted by atomic mass is 9.41. The second-order valence-corrected chi connectivity index (χ2v) is 13.8. The highest BCUT2D eigenvalue weighted by atomic mass is 19.4. The molecule has 2 aromatic heterocycles. The summed E-state index contributed by atoms with van der Waals surface area (Å²) < 4.78 is 60.4. The van der Waals surface area contributed by atoms with E-state index in [1.807, 2.05) is 29.2 Å². The molecule has 0 unspecified atom stereocenters. The molecule has 220 valence electrons. The first-order chi connectivity index (χ1) is 20.0. The molecule has 4 bridgehead atoms. The number of nitrogens with zero attached hydrogens (tertiary/aromatic N) is 4. The molecule has 7 aliphatic rings. The Morgan fingerprint density at radius 3 is 2.36 bits per heavy atom. The van der Waals surface area contributed by atoms with Gasteiger partial charge in [0.2, 0.25) is 5.91 Å². The molecule has 1 aromatic carbocycles. The molecule has 7 fully saturated rings. The predicted molar refractivity (Wildman–Crippen MR) is 145 cm³/mol. The summed E-state index contributed by atoms with van der Waals surface area (Å²) in [5.41, 5.74) is -1.02. The topological polar surface area (TPSA) is 72.1 Å². The summed E-state index contributed by atoms with van der Waals surface area (Å²) in [6.45, 7) is 0.500. The zero-order chi connectivity index (χ0) is 29.0. The number of anilines is 1. The van der Waals surface area contributed by atoms with Crippen LogP contribution < -0.4 is 4.90 Å². The molecule has 0 spiro atoms. The number of rotatable bonds is 7. The first kappa shape index (κ1) is 26.3. The predicted octanol–water partition coefficient (Wildman–Crippen LogP) is 7.55. The minimum atomic E-state index is -4.41. The molecule has 10 heteroatoms. The number of hydrogen-bond acceptors (Lipinski definition) is 5. The molecule has 42 heavy (non-hydrogen) atoms. The van der Waals surface area contributed by atoms with Gasteiger partial charge in [-0.2, -0.15) is 18.2 Å². The third kappa shape index (κ3) is 4.11. The van der Waals surface area contributed by atoms with Crippen LogP contribution in [0.15, 0.2) is 47.1 Å². The highest BCUT2D eigenvalue weighted by Gasteiger charge is 2.73. The molecule has 0 aliphatic heterocycles. The van der Waals surface area contributed by atoms with E-state index in [-0.39, 0.29) is 36.0 Å². The molecular weight excluding hydrogens is 548 g/mol. The van der Waals surface area contributed by atoms with Crippen LogP contribution in [0.1, 0.15) is 93.6 Å². The van der Waals surface area contributed by atoms with E-state index in [9.17, 15) is 22.4 Å². The van der Waals surface area contributed by atoms with Gasteiger partial charge in [0.25, 0.3) is 5.89 Å². The van der Waals surface area contributed by atoms with Gasteiger partial charge >= 0.3 is 6.18 Å². The fraction of sp³-hybridized carbons (Fsp3) is 0.562. The molecule has 7 saturated carbocycles. The number of carbonyl (C=O) groups excluding carboxylic acids is 1. The van der Waals surface area contributed by atoms with Crippen LogP contribution in [0, 0.1) is 10.8 Å². The van der Waals surface area contributed by atoms with Crippen LogP contribution in [-0.4, -0.2) is 33.2 Å². The van der Waals surface area contributed by atoms with E-state index in [0.717, 1.165) is 68.7 Å². The Hall–Kier alpha value is -3.30. The SMILES string of the molecule is O=C(N(CC12CCC(c3cc(C(F)(F)F)ccn3)(CC1)CC2)c1cccc(-c2nc(C3CC3)no2)c1)C12CC(F)(C1)C2. The molecular formula is C32H32F4N4O2. The van der Waals surface area contributed by atoms with Crippen molar-refractivity contribution >= 4 is 11.6 Å². The normalized spacial score (nSPS) is 33.1. The molecule has 3 aromatic rings. The summed E-state index contributed by atoms with van der Waals surface area (Å²) in [4.78, 5) is 25.0. The van der Waals surface area contributed by atoms with Crippen molar-refractivity contribution < 1.29 is 26.9 Å². The molecule has 0 radical (unpaired) electrons. The summed E-state index contributed by atoms with van der Waals surface area (Å²) in [6.07, 6.45) is 4.40. The van der Waals surface area contributed by atoms with E-state index in [1.165, 1.54) is 12.3 Å². The van der Waals surface area contributed by atoms with Crippen LogP contribution in [0.5, 0.6) is 0 Å².